The van der Waals surface area contributed by atoms with E-state index in [-0.39, 0.29) is 17.0 Å². The van der Waals surface area contributed by atoms with E-state index >= 15 is 0 Å². The third kappa shape index (κ3) is 2.73. The van der Waals surface area contributed by atoms with Gasteiger partial charge in [-0.1, -0.05) is 48.5 Å². The van der Waals surface area contributed by atoms with Crippen LogP contribution in [-0.4, -0.2) is 28.8 Å². The minimum Gasteiger partial charge on any atom is -0.505 e. The van der Waals surface area contributed by atoms with Crippen LogP contribution >= 0.6 is 0 Å². The van der Waals surface area contributed by atoms with E-state index in [2.05, 4.69) is 4.98 Å². The minimum absolute atomic E-state index is 0.0564. The van der Waals surface area contributed by atoms with Gasteiger partial charge in [0.25, 0.3) is 5.56 Å². The van der Waals surface area contributed by atoms with Gasteiger partial charge in [-0.15, -0.1) is 0 Å². The lowest BCUT2D eigenvalue weighted by Gasteiger charge is -2.20. The number of pyridine rings is 2. The summed E-state index contributed by atoms with van der Waals surface area (Å²) in [5.74, 6) is -0.0564. The zero-order valence-electron chi connectivity index (χ0n) is 15.1. The molecule has 0 spiro atoms. The first kappa shape index (κ1) is 16.8. The van der Waals surface area contributed by atoms with E-state index in [1.165, 1.54) is 0 Å². The van der Waals surface area contributed by atoms with Crippen molar-refractivity contribution < 1.29 is 5.11 Å². The third-order valence-electron chi connectivity index (χ3n) is 4.56. The fourth-order valence-corrected chi connectivity index (χ4v) is 3.35. The van der Waals surface area contributed by atoms with Crippen LogP contribution in [0.25, 0.3) is 27.8 Å². The van der Waals surface area contributed by atoms with Crippen molar-refractivity contribution >= 4 is 16.7 Å². The second-order valence-electron chi connectivity index (χ2n) is 6.49. The Hall–Kier alpha value is -3.60. The fourth-order valence-electron chi connectivity index (χ4n) is 3.35. The molecule has 2 heterocycles. The van der Waals surface area contributed by atoms with E-state index in [9.17, 15) is 9.90 Å². The molecule has 27 heavy (non-hydrogen) atoms. The number of anilines is 1. The smallest absolute Gasteiger partial charge is 0.284 e. The highest BCUT2D eigenvalue weighted by molar-refractivity contribution is 6.00. The molecule has 5 nitrogen and oxygen atoms in total. The van der Waals surface area contributed by atoms with E-state index < -0.39 is 0 Å². The number of para-hydroxylation sites is 1. The van der Waals surface area contributed by atoms with Crippen LogP contribution in [-0.2, 0) is 0 Å². The molecule has 134 valence electrons. The number of benzene rings is 2. The molecule has 0 unspecified atom stereocenters. The molecule has 0 amide bonds. The third-order valence-corrected chi connectivity index (χ3v) is 4.56. The standard InChI is InChI=1S/C22H19N3O2/c1-24(2)19-20(26)18-17(15-9-5-3-6-10-15)13-14-23-21(18)25(22(19)27)16-11-7-4-8-12-16/h3-14,26H,1-2H3. The van der Waals surface area contributed by atoms with Gasteiger partial charge in [0.15, 0.2) is 11.4 Å². The lowest BCUT2D eigenvalue weighted by Crippen LogP contribution is -2.27. The summed E-state index contributed by atoms with van der Waals surface area (Å²) < 4.78 is 1.55. The normalized spacial score (nSPS) is 10.9. The number of aromatic hydroxyl groups is 1. The predicted molar refractivity (Wildman–Crippen MR) is 109 cm³/mol. The van der Waals surface area contributed by atoms with Crippen molar-refractivity contribution in [3.8, 4) is 22.6 Å². The molecule has 0 atom stereocenters. The highest BCUT2D eigenvalue weighted by atomic mass is 16.3. The Morgan fingerprint density at radius 2 is 1.56 bits per heavy atom. The number of fused-ring (bicyclic) bond motifs is 1. The summed E-state index contributed by atoms with van der Waals surface area (Å²) in [5.41, 5.74) is 2.82. The van der Waals surface area contributed by atoms with Crippen LogP contribution in [0.5, 0.6) is 5.75 Å². The topological polar surface area (TPSA) is 58.4 Å². The van der Waals surface area contributed by atoms with E-state index in [0.717, 1.165) is 11.1 Å². The largest absolute Gasteiger partial charge is 0.505 e. The molecule has 0 saturated heterocycles. The van der Waals surface area contributed by atoms with E-state index in [0.29, 0.717) is 16.7 Å². The second-order valence-corrected chi connectivity index (χ2v) is 6.49. The molecule has 2 aromatic carbocycles. The molecule has 0 bridgehead atoms. The van der Waals surface area contributed by atoms with Crippen LogP contribution in [0.2, 0.25) is 0 Å². The van der Waals surface area contributed by atoms with Gasteiger partial charge in [-0.2, -0.15) is 0 Å². The fraction of sp³-hybridized carbons (Fsp3) is 0.0909. The maximum absolute atomic E-state index is 13.2. The summed E-state index contributed by atoms with van der Waals surface area (Å²) >= 11 is 0. The van der Waals surface area contributed by atoms with Gasteiger partial charge in [-0.25, -0.2) is 4.98 Å². The highest BCUT2D eigenvalue weighted by Crippen LogP contribution is 2.38. The quantitative estimate of drug-likeness (QED) is 0.605. The van der Waals surface area contributed by atoms with Crippen LogP contribution in [0.1, 0.15) is 0 Å². The molecule has 5 heteroatoms. The summed E-state index contributed by atoms with van der Waals surface area (Å²) in [5, 5.41) is 11.6. The molecule has 0 saturated carbocycles. The Morgan fingerprint density at radius 3 is 2.19 bits per heavy atom. The van der Waals surface area contributed by atoms with Gasteiger partial charge < -0.3 is 10.0 Å². The Labute approximate surface area is 156 Å². The van der Waals surface area contributed by atoms with Gasteiger partial charge in [-0.05, 0) is 29.3 Å². The maximum atomic E-state index is 13.2. The van der Waals surface area contributed by atoms with Gasteiger partial charge in [0.1, 0.15) is 5.69 Å². The number of hydrogen-bond acceptors (Lipinski definition) is 4. The van der Waals surface area contributed by atoms with Gasteiger partial charge in [-0.3, -0.25) is 9.36 Å². The van der Waals surface area contributed by atoms with Crippen molar-refractivity contribution in [2.24, 2.45) is 0 Å². The Bertz CT molecular complexity index is 1170. The van der Waals surface area contributed by atoms with Crippen molar-refractivity contribution in [1.29, 1.82) is 0 Å². The van der Waals surface area contributed by atoms with Crippen LogP contribution in [0, 0.1) is 0 Å². The SMILES string of the molecule is CN(C)c1c(O)c2c(-c3ccccc3)ccnc2n(-c2ccccc2)c1=O. The maximum Gasteiger partial charge on any atom is 0.284 e. The van der Waals surface area contributed by atoms with Crippen molar-refractivity contribution in [2.75, 3.05) is 19.0 Å². The zero-order chi connectivity index (χ0) is 19.0. The van der Waals surface area contributed by atoms with Gasteiger partial charge in [0.05, 0.1) is 11.1 Å². The van der Waals surface area contributed by atoms with Crippen LogP contribution < -0.4 is 10.5 Å². The first-order chi connectivity index (χ1) is 13.1. The first-order valence-corrected chi connectivity index (χ1v) is 8.64. The van der Waals surface area contributed by atoms with Crippen molar-refractivity contribution in [1.82, 2.24) is 9.55 Å². The molecule has 0 fully saturated rings. The summed E-state index contributed by atoms with van der Waals surface area (Å²) in [6, 6.07) is 21.0. The molecule has 0 aliphatic rings. The number of hydrogen-bond donors (Lipinski definition) is 1. The average molecular weight is 357 g/mol. The average Bonchev–Trinajstić information content (AvgIpc) is 2.69. The number of rotatable bonds is 3. The summed E-state index contributed by atoms with van der Waals surface area (Å²) in [6.45, 7) is 0. The molecule has 0 aliphatic heterocycles. The van der Waals surface area contributed by atoms with Gasteiger partial charge >= 0.3 is 0 Å². The second kappa shape index (κ2) is 6.61. The summed E-state index contributed by atoms with van der Waals surface area (Å²) in [7, 11) is 3.49. The van der Waals surface area contributed by atoms with Crippen LogP contribution in [0.15, 0.2) is 77.7 Å². The molecule has 2 aromatic heterocycles. The zero-order valence-corrected chi connectivity index (χ0v) is 15.1. The molecule has 4 aromatic rings. The molecular weight excluding hydrogens is 338 g/mol. The Balaban J connectivity index is 2.21. The van der Waals surface area contributed by atoms with E-state index in [4.69, 9.17) is 0 Å². The lowest BCUT2D eigenvalue weighted by molar-refractivity contribution is 0.480. The Morgan fingerprint density at radius 1 is 0.926 bits per heavy atom. The van der Waals surface area contributed by atoms with Crippen molar-refractivity contribution in [3.63, 3.8) is 0 Å². The summed E-state index contributed by atoms with van der Waals surface area (Å²) in [6.07, 6.45) is 1.66. The van der Waals surface area contributed by atoms with Crippen molar-refractivity contribution in [2.45, 2.75) is 0 Å². The molecule has 0 aliphatic carbocycles. The monoisotopic (exact) mass is 357 g/mol. The van der Waals surface area contributed by atoms with E-state index in [1.807, 2.05) is 66.7 Å². The molecule has 1 N–H and O–H groups in total. The predicted octanol–water partition coefficient (Wildman–Crippen LogP) is 3.82. The molecular formula is C22H19N3O2. The van der Waals surface area contributed by atoms with E-state index in [1.54, 1.807) is 29.8 Å². The minimum atomic E-state index is -0.311. The number of aromatic nitrogens is 2. The first-order valence-electron chi connectivity index (χ1n) is 8.64. The van der Waals surface area contributed by atoms with Crippen LogP contribution in [0.4, 0.5) is 5.69 Å². The molecule has 4 rings (SSSR count). The lowest BCUT2D eigenvalue weighted by atomic mass is 10.0. The number of nitrogens with zero attached hydrogens (tertiary/aromatic N) is 3. The highest BCUT2D eigenvalue weighted by Gasteiger charge is 2.22. The van der Waals surface area contributed by atoms with Crippen molar-refractivity contribution in [3.05, 3.63) is 83.3 Å². The van der Waals surface area contributed by atoms with Gasteiger partial charge in [0, 0.05) is 20.3 Å². The van der Waals surface area contributed by atoms with Gasteiger partial charge in [0.2, 0.25) is 0 Å². The molecule has 0 radical (unpaired) electrons. The Kier molecular flexibility index (Phi) is 4.12. The van der Waals surface area contributed by atoms with Crippen LogP contribution in [0.3, 0.4) is 0 Å². The summed E-state index contributed by atoms with van der Waals surface area (Å²) in [4.78, 5) is 19.3.